The first-order valence-corrected chi connectivity index (χ1v) is 19.5. The normalized spacial score (nSPS) is 13.5. The number of fused-ring (bicyclic) bond motifs is 4. The van der Waals surface area contributed by atoms with Crippen LogP contribution in [0.1, 0.15) is 103 Å². The van der Waals surface area contributed by atoms with Crippen molar-refractivity contribution in [3.8, 4) is 0 Å². The number of anilines is 3. The van der Waals surface area contributed by atoms with Crippen LogP contribution in [0.2, 0.25) is 0 Å². The van der Waals surface area contributed by atoms with Gasteiger partial charge in [0, 0.05) is 23.5 Å². The van der Waals surface area contributed by atoms with Gasteiger partial charge in [-0.15, -0.1) is 0 Å². The van der Waals surface area contributed by atoms with Crippen LogP contribution in [0.15, 0.2) is 109 Å². The molecule has 264 valence electrons. The summed E-state index contributed by atoms with van der Waals surface area (Å²) in [6.45, 7) is 14.0. The lowest BCUT2D eigenvalue weighted by molar-refractivity contribution is -0.137. The van der Waals surface area contributed by atoms with Gasteiger partial charge >= 0.3 is 5.97 Å². The van der Waals surface area contributed by atoms with Gasteiger partial charge in [-0.1, -0.05) is 175 Å². The number of benzene rings is 5. The number of carboxylic acid groups (broad SMARTS) is 1. The number of carbonyl (C=O) groups is 1. The molecule has 0 saturated heterocycles. The highest BCUT2D eigenvalue weighted by Crippen LogP contribution is 2.38. The summed E-state index contributed by atoms with van der Waals surface area (Å²) >= 11 is 0. The molecule has 0 unspecified atom stereocenters. The molecular weight excluding hydrogens is 632 g/mol. The van der Waals surface area contributed by atoms with E-state index in [1.165, 1.54) is 66.5 Å². The molecule has 0 amide bonds. The van der Waals surface area contributed by atoms with Gasteiger partial charge in [0.25, 0.3) is 0 Å². The largest absolute Gasteiger partial charge is 0.481 e. The molecule has 7 rings (SSSR count). The molecule has 0 radical (unpaired) electrons. The summed E-state index contributed by atoms with van der Waals surface area (Å²) < 4.78 is 0. The van der Waals surface area contributed by atoms with E-state index in [-0.39, 0.29) is 30.7 Å². The van der Waals surface area contributed by atoms with Gasteiger partial charge in [0.1, 0.15) is 0 Å². The van der Waals surface area contributed by atoms with Crippen LogP contribution in [0.5, 0.6) is 0 Å². The van der Waals surface area contributed by atoms with Crippen LogP contribution in [0.25, 0.3) is 0 Å². The number of aryl methyl sites for hydroxylation is 1. The van der Waals surface area contributed by atoms with Crippen molar-refractivity contribution in [3.63, 3.8) is 0 Å². The lowest BCUT2D eigenvalue weighted by Crippen LogP contribution is -2.65. The first kappa shape index (κ1) is 35.9. The monoisotopic (exact) mass is 685 g/mol. The van der Waals surface area contributed by atoms with Crippen LogP contribution in [-0.4, -0.2) is 24.5 Å². The molecule has 2 heterocycles. The number of para-hydroxylation sites is 2. The predicted octanol–water partition coefficient (Wildman–Crippen LogP) is 7.77. The third-order valence-electron chi connectivity index (χ3n) is 11.4. The summed E-state index contributed by atoms with van der Waals surface area (Å²) in [5, 5.41) is 9.00. The molecule has 5 aromatic carbocycles. The molecular formula is C47H53B2NO2. The maximum atomic E-state index is 10.9. The molecule has 0 aromatic heterocycles. The van der Waals surface area contributed by atoms with E-state index in [1.807, 2.05) is 0 Å². The van der Waals surface area contributed by atoms with Crippen LogP contribution >= 0.6 is 0 Å². The zero-order chi connectivity index (χ0) is 36.6. The molecule has 52 heavy (non-hydrogen) atoms. The number of hydrogen-bond donors (Lipinski definition) is 1. The summed E-state index contributed by atoms with van der Waals surface area (Å²) in [5.41, 5.74) is 16.4. The van der Waals surface area contributed by atoms with Crippen molar-refractivity contribution in [1.82, 2.24) is 0 Å². The molecule has 0 atom stereocenters. The minimum absolute atomic E-state index is 0.0919. The van der Waals surface area contributed by atoms with Gasteiger partial charge in [0.15, 0.2) is 0 Å². The van der Waals surface area contributed by atoms with Crippen molar-refractivity contribution in [2.45, 2.75) is 104 Å². The second kappa shape index (κ2) is 14.5. The van der Waals surface area contributed by atoms with Crippen molar-refractivity contribution >= 4 is 69.2 Å². The van der Waals surface area contributed by atoms with Crippen molar-refractivity contribution < 1.29 is 9.90 Å². The fourth-order valence-corrected chi connectivity index (χ4v) is 8.55. The van der Waals surface area contributed by atoms with E-state index >= 15 is 0 Å². The Morgan fingerprint density at radius 2 is 0.981 bits per heavy atom. The molecule has 5 heteroatoms. The summed E-state index contributed by atoms with van der Waals surface area (Å²) in [7, 11) is 0. The second-order valence-corrected chi connectivity index (χ2v) is 17.2. The first-order valence-electron chi connectivity index (χ1n) is 19.5. The molecule has 2 aliphatic heterocycles. The molecule has 0 aliphatic carbocycles. The number of carboxylic acids is 1. The van der Waals surface area contributed by atoms with Crippen LogP contribution in [0, 0.1) is 0 Å². The number of aliphatic carboxylic acids is 1. The van der Waals surface area contributed by atoms with Crippen LogP contribution in [-0.2, 0) is 22.0 Å². The number of rotatable bonds is 11. The average Bonchev–Trinajstić information content (AvgIpc) is 3.12. The van der Waals surface area contributed by atoms with Gasteiger partial charge in [0.2, 0.25) is 13.4 Å². The van der Waals surface area contributed by atoms with Crippen LogP contribution in [0.4, 0.5) is 17.1 Å². The van der Waals surface area contributed by atoms with Gasteiger partial charge in [-0.25, -0.2) is 0 Å². The van der Waals surface area contributed by atoms with Gasteiger partial charge in [-0.2, -0.15) is 0 Å². The fourth-order valence-electron chi connectivity index (χ4n) is 8.55. The summed E-state index contributed by atoms with van der Waals surface area (Å²) in [4.78, 5) is 13.5. The molecule has 3 nitrogen and oxygen atoms in total. The molecule has 0 bridgehead atoms. The van der Waals surface area contributed by atoms with Crippen LogP contribution < -0.4 is 37.7 Å². The van der Waals surface area contributed by atoms with Crippen molar-refractivity contribution in [1.29, 1.82) is 0 Å². The highest BCUT2D eigenvalue weighted by atomic mass is 16.4. The summed E-state index contributed by atoms with van der Waals surface area (Å²) in [6.07, 6.45) is 7.62. The molecule has 2 aliphatic rings. The third kappa shape index (κ3) is 7.12. The average molecular weight is 686 g/mol. The van der Waals surface area contributed by atoms with E-state index in [9.17, 15) is 4.79 Å². The maximum Gasteiger partial charge on any atom is 0.303 e. The van der Waals surface area contributed by atoms with Gasteiger partial charge in [-0.05, 0) is 80.8 Å². The van der Waals surface area contributed by atoms with Gasteiger partial charge in [0.05, 0.1) is 0 Å². The molecule has 1 N–H and O–H groups in total. The smallest absolute Gasteiger partial charge is 0.303 e. The molecule has 0 saturated carbocycles. The van der Waals surface area contributed by atoms with E-state index in [0.29, 0.717) is 0 Å². The Bertz CT molecular complexity index is 1920. The Labute approximate surface area is 312 Å². The van der Waals surface area contributed by atoms with E-state index in [0.717, 1.165) is 44.9 Å². The quantitative estimate of drug-likeness (QED) is 0.112. The topological polar surface area (TPSA) is 40.5 Å². The van der Waals surface area contributed by atoms with Gasteiger partial charge in [-0.3, -0.25) is 4.79 Å². The lowest BCUT2D eigenvalue weighted by Gasteiger charge is -2.44. The Morgan fingerprint density at radius 3 is 1.42 bits per heavy atom. The fraction of sp³-hybridized carbons (Fsp3) is 0.340. The number of nitrogens with zero attached hydrogens (tertiary/aromatic N) is 1. The Hall–Kier alpha value is -4.50. The van der Waals surface area contributed by atoms with E-state index in [1.54, 1.807) is 0 Å². The second-order valence-electron chi connectivity index (χ2n) is 17.2. The zero-order valence-corrected chi connectivity index (χ0v) is 32.0. The van der Waals surface area contributed by atoms with Crippen LogP contribution in [0.3, 0.4) is 0 Å². The van der Waals surface area contributed by atoms with Crippen molar-refractivity contribution in [2.24, 2.45) is 0 Å². The summed E-state index contributed by atoms with van der Waals surface area (Å²) in [5.74, 6) is -0.688. The maximum absolute atomic E-state index is 10.9. The Kier molecular flexibility index (Phi) is 10.0. The standard InChI is InChI=1S/C47H53B2NO2/c1-46(2,3)34-23-27-36(28-24-34)48-38-18-13-15-20-42(38)50-43-21-16-14-19-39(43)49(37-29-25-35(26-30-37)47(4,5)6)41-32-33(31-40(48)45(41)50)17-11-9-7-8-10-12-22-44(51)52/h13-16,18-21,23-32H,7-12,17,22H2,1-6H3,(H,51,52). The third-order valence-corrected chi connectivity index (χ3v) is 11.4. The zero-order valence-electron chi connectivity index (χ0n) is 32.0. The van der Waals surface area contributed by atoms with E-state index < -0.39 is 5.97 Å². The van der Waals surface area contributed by atoms with Gasteiger partial charge < -0.3 is 10.0 Å². The Balaban J connectivity index is 1.36. The predicted molar refractivity (Wildman–Crippen MR) is 224 cm³/mol. The molecule has 0 fully saturated rings. The lowest BCUT2D eigenvalue weighted by atomic mass is 9.30. The number of unbranched alkanes of at least 4 members (excludes halogenated alkanes) is 5. The van der Waals surface area contributed by atoms with Crippen molar-refractivity contribution in [2.75, 3.05) is 4.90 Å². The minimum atomic E-state index is -0.688. The SMILES string of the molecule is CC(C)(C)c1ccc(B2c3ccccc3N3c4ccccc4B(c4ccc(C(C)(C)C)cc4)c4cc(CCCCCCCCC(=O)O)cc2c43)cc1. The minimum Gasteiger partial charge on any atom is -0.481 e. The molecule has 0 spiro atoms. The highest BCUT2D eigenvalue weighted by molar-refractivity contribution is 7.02. The highest BCUT2D eigenvalue weighted by Gasteiger charge is 2.43. The van der Waals surface area contributed by atoms with Crippen molar-refractivity contribution in [3.05, 3.63) is 126 Å². The number of hydrogen-bond acceptors (Lipinski definition) is 2. The Morgan fingerprint density at radius 1 is 0.558 bits per heavy atom. The van der Waals surface area contributed by atoms with E-state index in [4.69, 9.17) is 5.11 Å². The molecule has 5 aromatic rings. The summed E-state index contributed by atoms with van der Waals surface area (Å²) in [6, 6.07) is 42.0. The van der Waals surface area contributed by atoms with E-state index in [2.05, 4.69) is 156 Å². The first-order chi connectivity index (χ1) is 24.9.